The van der Waals surface area contributed by atoms with Crippen LogP contribution in [0.25, 0.3) is 0 Å². The second-order valence-corrected chi connectivity index (χ2v) is 6.88. The molecule has 0 bridgehead atoms. The van der Waals surface area contributed by atoms with E-state index in [1.165, 1.54) is 18.4 Å². The van der Waals surface area contributed by atoms with E-state index in [4.69, 9.17) is 0 Å². The number of aromatic nitrogens is 1. The smallest absolute Gasteiger partial charge is 0.255 e. The quantitative estimate of drug-likeness (QED) is 0.789. The number of benzene rings is 1. The van der Waals surface area contributed by atoms with Crippen molar-refractivity contribution in [3.63, 3.8) is 0 Å². The Morgan fingerprint density at radius 2 is 1.92 bits per heavy atom. The van der Waals surface area contributed by atoms with Gasteiger partial charge in [0.15, 0.2) is 0 Å². The van der Waals surface area contributed by atoms with Crippen LogP contribution in [-0.4, -0.2) is 23.5 Å². The van der Waals surface area contributed by atoms with Crippen molar-refractivity contribution in [1.29, 1.82) is 0 Å². The van der Waals surface area contributed by atoms with Gasteiger partial charge in [0.25, 0.3) is 5.91 Å². The van der Waals surface area contributed by atoms with E-state index < -0.39 is 0 Å². The van der Waals surface area contributed by atoms with Crippen LogP contribution in [-0.2, 0) is 0 Å². The first kappa shape index (κ1) is 17.5. The Balaban J connectivity index is 1.54. The molecule has 1 saturated carbocycles. The van der Waals surface area contributed by atoms with Gasteiger partial charge in [-0.3, -0.25) is 4.79 Å². The summed E-state index contributed by atoms with van der Waals surface area (Å²) in [4.78, 5) is 16.9. The van der Waals surface area contributed by atoms with Crippen molar-refractivity contribution >= 4 is 11.7 Å². The minimum absolute atomic E-state index is 0.0474. The van der Waals surface area contributed by atoms with Crippen molar-refractivity contribution in [2.45, 2.75) is 51.0 Å². The van der Waals surface area contributed by atoms with E-state index >= 15 is 0 Å². The van der Waals surface area contributed by atoms with Crippen molar-refractivity contribution < 1.29 is 4.79 Å². The van der Waals surface area contributed by atoms with Gasteiger partial charge in [0, 0.05) is 18.8 Å². The monoisotopic (exact) mass is 337 g/mol. The van der Waals surface area contributed by atoms with Gasteiger partial charge < -0.3 is 10.6 Å². The van der Waals surface area contributed by atoms with E-state index in [-0.39, 0.29) is 5.91 Å². The van der Waals surface area contributed by atoms with E-state index in [0.717, 1.165) is 19.3 Å². The zero-order chi connectivity index (χ0) is 17.5. The molecule has 132 valence electrons. The molecule has 1 amide bonds. The van der Waals surface area contributed by atoms with Crippen LogP contribution in [0.15, 0.2) is 48.7 Å². The van der Waals surface area contributed by atoms with Gasteiger partial charge in [0.1, 0.15) is 5.82 Å². The Labute approximate surface area is 150 Å². The molecule has 1 aromatic heterocycles. The standard InChI is InChI=1S/C21H27N3O/c1-16(17-8-3-2-4-9-17)13-15-23-21(25)19-12-7-14-22-20(19)24-18-10-5-6-11-18/h2-4,7-9,12,14,16,18H,5-6,10-11,13,15H2,1H3,(H,22,24)(H,23,25)/t16-/m0/s1. The zero-order valence-corrected chi connectivity index (χ0v) is 14.9. The van der Waals surface area contributed by atoms with Crippen LogP contribution >= 0.6 is 0 Å². The van der Waals surface area contributed by atoms with E-state index in [1.807, 2.05) is 18.2 Å². The highest BCUT2D eigenvalue weighted by molar-refractivity contribution is 5.98. The number of nitrogens with zero attached hydrogens (tertiary/aromatic N) is 1. The molecule has 2 aromatic rings. The van der Waals surface area contributed by atoms with Gasteiger partial charge in [0.2, 0.25) is 0 Å². The maximum absolute atomic E-state index is 12.6. The number of amides is 1. The first-order chi connectivity index (χ1) is 12.2. The predicted octanol–water partition coefficient (Wildman–Crippen LogP) is 4.36. The highest BCUT2D eigenvalue weighted by Gasteiger charge is 2.19. The molecule has 1 heterocycles. The fraction of sp³-hybridized carbons (Fsp3) is 0.429. The number of pyridine rings is 1. The fourth-order valence-corrected chi connectivity index (χ4v) is 3.41. The number of hydrogen-bond donors (Lipinski definition) is 2. The Bertz CT molecular complexity index is 681. The SMILES string of the molecule is C[C@@H](CCNC(=O)c1cccnc1NC1CCCC1)c1ccccc1. The lowest BCUT2D eigenvalue weighted by Gasteiger charge is -2.16. The average Bonchev–Trinajstić information content (AvgIpc) is 3.16. The van der Waals surface area contributed by atoms with E-state index in [1.54, 1.807) is 6.20 Å². The second-order valence-electron chi connectivity index (χ2n) is 6.88. The van der Waals surface area contributed by atoms with Crippen LogP contribution in [0.5, 0.6) is 0 Å². The minimum Gasteiger partial charge on any atom is -0.367 e. The topological polar surface area (TPSA) is 54.0 Å². The Hall–Kier alpha value is -2.36. The van der Waals surface area contributed by atoms with Crippen molar-refractivity contribution in [3.05, 3.63) is 59.8 Å². The third kappa shape index (κ3) is 4.81. The predicted molar refractivity (Wildman–Crippen MR) is 102 cm³/mol. The summed E-state index contributed by atoms with van der Waals surface area (Å²) in [7, 11) is 0. The summed E-state index contributed by atoms with van der Waals surface area (Å²) in [5, 5.41) is 6.49. The first-order valence-electron chi connectivity index (χ1n) is 9.28. The largest absolute Gasteiger partial charge is 0.367 e. The highest BCUT2D eigenvalue weighted by Crippen LogP contribution is 2.23. The summed E-state index contributed by atoms with van der Waals surface area (Å²) in [6, 6.07) is 14.5. The van der Waals surface area contributed by atoms with Crippen LogP contribution < -0.4 is 10.6 Å². The lowest BCUT2D eigenvalue weighted by molar-refractivity contribution is 0.0953. The minimum atomic E-state index is -0.0474. The third-order valence-electron chi connectivity index (χ3n) is 4.98. The Kier molecular flexibility index (Phi) is 6.04. The number of nitrogens with one attached hydrogen (secondary N) is 2. The molecular weight excluding hydrogens is 310 g/mol. The molecule has 1 aliphatic carbocycles. The summed E-state index contributed by atoms with van der Waals surface area (Å²) in [6.45, 7) is 2.85. The van der Waals surface area contributed by atoms with E-state index in [2.05, 4.69) is 46.8 Å². The van der Waals surface area contributed by atoms with Crippen LogP contribution in [0, 0.1) is 0 Å². The molecule has 3 rings (SSSR count). The lowest BCUT2D eigenvalue weighted by Crippen LogP contribution is -2.27. The van der Waals surface area contributed by atoms with Gasteiger partial charge in [-0.25, -0.2) is 4.98 Å². The van der Waals surface area contributed by atoms with Gasteiger partial charge in [-0.2, -0.15) is 0 Å². The number of carbonyl (C=O) groups excluding carboxylic acids is 1. The molecule has 25 heavy (non-hydrogen) atoms. The summed E-state index contributed by atoms with van der Waals surface area (Å²) < 4.78 is 0. The lowest BCUT2D eigenvalue weighted by atomic mass is 9.98. The van der Waals surface area contributed by atoms with Crippen LogP contribution in [0.4, 0.5) is 5.82 Å². The summed E-state index contributed by atoms with van der Waals surface area (Å²) in [5.74, 6) is 1.09. The summed E-state index contributed by atoms with van der Waals surface area (Å²) >= 11 is 0. The Morgan fingerprint density at radius 1 is 1.16 bits per heavy atom. The molecule has 4 nitrogen and oxygen atoms in total. The van der Waals surface area contributed by atoms with Crippen LogP contribution in [0.3, 0.4) is 0 Å². The van der Waals surface area contributed by atoms with Gasteiger partial charge in [-0.15, -0.1) is 0 Å². The zero-order valence-electron chi connectivity index (χ0n) is 14.9. The van der Waals surface area contributed by atoms with Gasteiger partial charge >= 0.3 is 0 Å². The van der Waals surface area contributed by atoms with Gasteiger partial charge in [-0.1, -0.05) is 50.1 Å². The summed E-state index contributed by atoms with van der Waals surface area (Å²) in [6.07, 6.45) is 7.48. The molecule has 0 saturated heterocycles. The average molecular weight is 337 g/mol. The first-order valence-corrected chi connectivity index (χ1v) is 9.28. The van der Waals surface area contributed by atoms with Crippen molar-refractivity contribution in [1.82, 2.24) is 10.3 Å². The molecule has 1 atom stereocenters. The molecule has 0 radical (unpaired) electrons. The van der Waals surface area contributed by atoms with Gasteiger partial charge in [0.05, 0.1) is 5.56 Å². The molecule has 0 aliphatic heterocycles. The maximum atomic E-state index is 12.6. The van der Waals surface area contributed by atoms with Gasteiger partial charge in [-0.05, 0) is 42.9 Å². The second kappa shape index (κ2) is 8.65. The number of rotatable bonds is 7. The highest BCUT2D eigenvalue weighted by atomic mass is 16.1. The molecule has 0 spiro atoms. The summed E-state index contributed by atoms with van der Waals surface area (Å²) in [5.41, 5.74) is 1.95. The third-order valence-corrected chi connectivity index (χ3v) is 4.98. The van der Waals surface area contributed by atoms with E-state index in [0.29, 0.717) is 29.9 Å². The van der Waals surface area contributed by atoms with E-state index in [9.17, 15) is 4.79 Å². The molecule has 4 heteroatoms. The fourth-order valence-electron chi connectivity index (χ4n) is 3.41. The van der Waals surface area contributed by atoms with Crippen LogP contribution in [0.2, 0.25) is 0 Å². The van der Waals surface area contributed by atoms with Crippen LogP contribution in [0.1, 0.15) is 60.9 Å². The van der Waals surface area contributed by atoms with Crippen molar-refractivity contribution in [2.24, 2.45) is 0 Å². The Morgan fingerprint density at radius 3 is 2.68 bits per heavy atom. The maximum Gasteiger partial charge on any atom is 0.255 e. The number of hydrogen-bond acceptors (Lipinski definition) is 3. The molecule has 1 fully saturated rings. The number of carbonyl (C=O) groups is 1. The molecule has 1 aliphatic rings. The van der Waals surface area contributed by atoms with Crippen molar-refractivity contribution in [3.8, 4) is 0 Å². The normalized spacial score (nSPS) is 15.7. The molecular formula is C21H27N3O. The molecule has 2 N–H and O–H groups in total. The molecule has 0 unspecified atom stereocenters. The molecule has 1 aromatic carbocycles. The van der Waals surface area contributed by atoms with Crippen molar-refractivity contribution in [2.75, 3.05) is 11.9 Å². The number of anilines is 1.